The quantitative estimate of drug-likeness (QED) is 0.454. The van der Waals surface area contributed by atoms with Crippen LogP contribution in [0.15, 0.2) is 0 Å². The van der Waals surface area contributed by atoms with Crippen LogP contribution in [0.4, 0.5) is 0 Å². The zero-order valence-corrected chi connectivity index (χ0v) is 8.40. The van der Waals surface area contributed by atoms with Crippen LogP contribution in [0.5, 0.6) is 0 Å². The van der Waals surface area contributed by atoms with Crippen molar-refractivity contribution in [3.05, 3.63) is 0 Å². The van der Waals surface area contributed by atoms with Gasteiger partial charge in [0.15, 0.2) is 0 Å². The molecular weight excluding hydrogens is 146 g/mol. The van der Waals surface area contributed by atoms with Gasteiger partial charge in [0.1, 0.15) is 0 Å². The van der Waals surface area contributed by atoms with E-state index in [1.807, 2.05) is 7.05 Å². The molecule has 0 saturated carbocycles. The molecular formula is C11H21N. The molecule has 0 spiro atoms. The minimum absolute atomic E-state index is 0.704. The van der Waals surface area contributed by atoms with Crippen LogP contribution < -0.4 is 5.32 Å². The van der Waals surface area contributed by atoms with Gasteiger partial charge in [0.05, 0.1) is 0 Å². The molecule has 0 saturated heterocycles. The maximum absolute atomic E-state index is 5.16. The highest BCUT2D eigenvalue weighted by atomic mass is 14.9. The Balaban J connectivity index is 3.13. The molecule has 0 aromatic carbocycles. The average molecular weight is 167 g/mol. The molecule has 0 heterocycles. The van der Waals surface area contributed by atoms with E-state index in [4.69, 9.17) is 6.42 Å². The van der Waals surface area contributed by atoms with Crippen molar-refractivity contribution < 1.29 is 0 Å². The Hall–Kier alpha value is -0.480. The third-order valence-corrected chi connectivity index (χ3v) is 2.27. The zero-order valence-electron chi connectivity index (χ0n) is 8.40. The Kier molecular flexibility index (Phi) is 8.27. The van der Waals surface area contributed by atoms with Crippen molar-refractivity contribution in [2.24, 2.45) is 0 Å². The van der Waals surface area contributed by atoms with Crippen LogP contribution in [0.25, 0.3) is 0 Å². The molecule has 1 unspecified atom stereocenters. The van der Waals surface area contributed by atoms with Crippen molar-refractivity contribution in [1.82, 2.24) is 5.32 Å². The Labute approximate surface area is 76.9 Å². The second-order valence-electron chi connectivity index (χ2n) is 3.20. The standard InChI is InChI=1S/C11H21N/c1-4-6-7-8-9-10-11(5-2)12-3/h1,11-12H,5-10H2,2-3H3. The molecule has 0 aromatic heterocycles. The number of hydrogen-bond donors (Lipinski definition) is 1. The lowest BCUT2D eigenvalue weighted by molar-refractivity contribution is 0.478. The molecule has 70 valence electrons. The summed E-state index contributed by atoms with van der Waals surface area (Å²) in [6.07, 6.45) is 12.4. The van der Waals surface area contributed by atoms with Crippen molar-refractivity contribution in [2.45, 2.75) is 51.5 Å². The number of nitrogens with one attached hydrogen (secondary N) is 1. The summed E-state index contributed by atoms with van der Waals surface area (Å²) >= 11 is 0. The highest BCUT2D eigenvalue weighted by Gasteiger charge is 2.00. The van der Waals surface area contributed by atoms with E-state index in [1.54, 1.807) is 0 Å². The van der Waals surface area contributed by atoms with Crippen molar-refractivity contribution in [1.29, 1.82) is 0 Å². The fourth-order valence-electron chi connectivity index (χ4n) is 1.35. The number of rotatable bonds is 7. The molecule has 1 heteroatoms. The van der Waals surface area contributed by atoms with Crippen LogP contribution in [-0.4, -0.2) is 13.1 Å². The van der Waals surface area contributed by atoms with Crippen LogP contribution in [0.3, 0.4) is 0 Å². The van der Waals surface area contributed by atoms with Gasteiger partial charge in [-0.1, -0.05) is 19.8 Å². The van der Waals surface area contributed by atoms with Gasteiger partial charge in [0, 0.05) is 12.5 Å². The highest BCUT2D eigenvalue weighted by Crippen LogP contribution is 2.06. The fourth-order valence-corrected chi connectivity index (χ4v) is 1.35. The smallest absolute Gasteiger partial charge is 0.00860 e. The summed E-state index contributed by atoms with van der Waals surface area (Å²) in [5.41, 5.74) is 0. The average Bonchev–Trinajstić information content (AvgIpc) is 2.11. The minimum Gasteiger partial charge on any atom is -0.317 e. The van der Waals surface area contributed by atoms with Crippen molar-refractivity contribution in [3.8, 4) is 12.3 Å². The zero-order chi connectivity index (χ0) is 9.23. The Morgan fingerprint density at radius 1 is 1.33 bits per heavy atom. The molecule has 1 nitrogen and oxygen atoms in total. The number of terminal acetylenes is 1. The maximum Gasteiger partial charge on any atom is 0.00860 e. The van der Waals surface area contributed by atoms with Crippen LogP contribution in [0.2, 0.25) is 0 Å². The topological polar surface area (TPSA) is 12.0 Å². The summed E-state index contributed by atoms with van der Waals surface area (Å²) in [6.45, 7) is 2.22. The molecule has 12 heavy (non-hydrogen) atoms. The minimum atomic E-state index is 0.704. The third-order valence-electron chi connectivity index (χ3n) is 2.27. The third kappa shape index (κ3) is 6.24. The van der Waals surface area contributed by atoms with Crippen molar-refractivity contribution in [2.75, 3.05) is 7.05 Å². The van der Waals surface area contributed by atoms with E-state index in [2.05, 4.69) is 18.2 Å². The molecule has 1 N–H and O–H groups in total. The van der Waals surface area contributed by atoms with Gasteiger partial charge in [-0.15, -0.1) is 12.3 Å². The first-order valence-electron chi connectivity index (χ1n) is 4.95. The van der Waals surface area contributed by atoms with Crippen LogP contribution >= 0.6 is 0 Å². The largest absolute Gasteiger partial charge is 0.317 e. The van der Waals surface area contributed by atoms with E-state index in [-0.39, 0.29) is 0 Å². The summed E-state index contributed by atoms with van der Waals surface area (Å²) < 4.78 is 0. The summed E-state index contributed by atoms with van der Waals surface area (Å²) in [7, 11) is 2.04. The Bertz CT molecular complexity index is 119. The number of unbranched alkanes of at least 4 members (excludes halogenated alkanes) is 3. The molecule has 0 aliphatic carbocycles. The van der Waals surface area contributed by atoms with E-state index >= 15 is 0 Å². The van der Waals surface area contributed by atoms with Crippen LogP contribution in [0.1, 0.15) is 45.4 Å². The van der Waals surface area contributed by atoms with Gasteiger partial charge >= 0.3 is 0 Å². The van der Waals surface area contributed by atoms with E-state index in [0.29, 0.717) is 6.04 Å². The van der Waals surface area contributed by atoms with Crippen molar-refractivity contribution in [3.63, 3.8) is 0 Å². The van der Waals surface area contributed by atoms with Gasteiger partial charge in [-0.3, -0.25) is 0 Å². The first-order chi connectivity index (χ1) is 5.85. The Morgan fingerprint density at radius 3 is 2.58 bits per heavy atom. The number of hydrogen-bond acceptors (Lipinski definition) is 1. The first-order valence-corrected chi connectivity index (χ1v) is 4.95. The summed E-state index contributed by atoms with van der Waals surface area (Å²) in [5.74, 6) is 2.67. The van der Waals surface area contributed by atoms with E-state index < -0.39 is 0 Å². The molecule has 0 radical (unpaired) electrons. The van der Waals surface area contributed by atoms with Gasteiger partial charge in [-0.25, -0.2) is 0 Å². The maximum atomic E-state index is 5.16. The second kappa shape index (κ2) is 8.62. The van der Waals surface area contributed by atoms with Gasteiger partial charge in [-0.2, -0.15) is 0 Å². The normalized spacial score (nSPS) is 12.4. The van der Waals surface area contributed by atoms with E-state index in [1.165, 1.54) is 32.1 Å². The Morgan fingerprint density at radius 2 is 2.08 bits per heavy atom. The molecule has 0 fully saturated rings. The van der Waals surface area contributed by atoms with Gasteiger partial charge in [0.2, 0.25) is 0 Å². The first kappa shape index (κ1) is 11.5. The molecule has 0 aliphatic rings. The van der Waals surface area contributed by atoms with E-state index in [0.717, 1.165) is 6.42 Å². The molecule has 0 aromatic rings. The van der Waals surface area contributed by atoms with Crippen molar-refractivity contribution >= 4 is 0 Å². The monoisotopic (exact) mass is 167 g/mol. The SMILES string of the molecule is C#CCCCCCC(CC)NC. The van der Waals surface area contributed by atoms with Gasteiger partial charge < -0.3 is 5.32 Å². The van der Waals surface area contributed by atoms with Crippen LogP contribution in [-0.2, 0) is 0 Å². The summed E-state index contributed by atoms with van der Waals surface area (Å²) in [4.78, 5) is 0. The summed E-state index contributed by atoms with van der Waals surface area (Å²) in [5, 5.41) is 3.30. The van der Waals surface area contributed by atoms with Gasteiger partial charge in [0.25, 0.3) is 0 Å². The lowest BCUT2D eigenvalue weighted by Gasteiger charge is -2.12. The van der Waals surface area contributed by atoms with Crippen LogP contribution in [0, 0.1) is 12.3 Å². The predicted molar refractivity (Wildman–Crippen MR) is 55.1 cm³/mol. The summed E-state index contributed by atoms with van der Waals surface area (Å²) in [6, 6.07) is 0.704. The lowest BCUT2D eigenvalue weighted by atomic mass is 10.1. The molecule has 0 aliphatic heterocycles. The lowest BCUT2D eigenvalue weighted by Crippen LogP contribution is -2.23. The van der Waals surface area contributed by atoms with Gasteiger partial charge in [-0.05, 0) is 26.3 Å². The fraction of sp³-hybridized carbons (Fsp3) is 0.818. The molecule has 0 rings (SSSR count). The molecule has 0 bridgehead atoms. The molecule has 0 amide bonds. The second-order valence-corrected chi connectivity index (χ2v) is 3.20. The van der Waals surface area contributed by atoms with E-state index in [9.17, 15) is 0 Å². The highest BCUT2D eigenvalue weighted by molar-refractivity contribution is 4.82. The predicted octanol–water partition coefficient (Wildman–Crippen LogP) is 2.57. The molecule has 1 atom stereocenters.